The molecule has 0 unspecified atom stereocenters. The summed E-state index contributed by atoms with van der Waals surface area (Å²) in [4.78, 5) is 4.77. The molecule has 0 spiro atoms. The van der Waals surface area contributed by atoms with Crippen molar-refractivity contribution >= 4 is 34.1 Å². The molecule has 1 fully saturated rings. The Morgan fingerprint density at radius 2 is 1.77 bits per heavy atom. The summed E-state index contributed by atoms with van der Waals surface area (Å²) in [6.45, 7) is 12.6. The molecule has 3 rings (SSSR count). The zero-order valence-corrected chi connectivity index (χ0v) is 18.0. The van der Waals surface area contributed by atoms with Gasteiger partial charge in [0.1, 0.15) is 11.3 Å². The van der Waals surface area contributed by atoms with Crippen LogP contribution in [0.1, 0.15) is 51.6 Å². The molecule has 0 aliphatic carbocycles. The molecule has 5 nitrogen and oxygen atoms in total. The monoisotopic (exact) mass is 378 g/mol. The van der Waals surface area contributed by atoms with Crippen LogP contribution in [0.5, 0.6) is 5.75 Å². The fourth-order valence-corrected chi connectivity index (χ4v) is 4.12. The van der Waals surface area contributed by atoms with Crippen LogP contribution in [0.15, 0.2) is 6.07 Å². The van der Waals surface area contributed by atoms with Gasteiger partial charge in [-0.25, -0.2) is 4.98 Å². The lowest BCUT2D eigenvalue weighted by atomic mass is 9.76. The van der Waals surface area contributed by atoms with E-state index in [9.17, 15) is 0 Å². The lowest BCUT2D eigenvalue weighted by Gasteiger charge is -2.32. The summed E-state index contributed by atoms with van der Waals surface area (Å²) in [7, 11) is 2.81. The molecule has 0 radical (unpaired) electrons. The van der Waals surface area contributed by atoms with Gasteiger partial charge < -0.3 is 19.8 Å². The summed E-state index contributed by atoms with van der Waals surface area (Å²) in [6, 6.07) is 2.02. The second kappa shape index (κ2) is 7.84. The maximum Gasteiger partial charge on any atom is 0.495 e. The fourth-order valence-electron chi connectivity index (χ4n) is 2.93. The summed E-state index contributed by atoms with van der Waals surface area (Å²) in [6.07, 6.45) is 2.08. The van der Waals surface area contributed by atoms with Crippen molar-refractivity contribution < 1.29 is 14.0 Å². The Morgan fingerprint density at radius 1 is 1.19 bits per heavy atom. The number of fused-ring (bicyclic) bond motifs is 1. The van der Waals surface area contributed by atoms with Crippen molar-refractivity contribution in [2.45, 2.75) is 65.6 Å². The van der Waals surface area contributed by atoms with Crippen LogP contribution in [0.3, 0.4) is 0 Å². The highest BCUT2D eigenvalue weighted by Crippen LogP contribution is 2.38. The number of methoxy groups -OCH3 is 1. The van der Waals surface area contributed by atoms with Gasteiger partial charge in [0.15, 0.2) is 0 Å². The number of nitrogens with two attached hydrogens (primary N) is 1. The van der Waals surface area contributed by atoms with Gasteiger partial charge in [0, 0.05) is 0 Å². The Balaban J connectivity index is 0.00000117. The molecule has 0 amide bonds. The van der Waals surface area contributed by atoms with Gasteiger partial charge in [0.25, 0.3) is 0 Å². The summed E-state index contributed by atoms with van der Waals surface area (Å²) < 4.78 is 19.3. The molecule has 0 saturated carbocycles. The van der Waals surface area contributed by atoms with Gasteiger partial charge in [0.05, 0.1) is 28.0 Å². The molecule has 1 saturated heterocycles. The van der Waals surface area contributed by atoms with E-state index in [-0.39, 0.29) is 18.3 Å². The predicted molar refractivity (Wildman–Crippen MR) is 111 cm³/mol. The SMILES string of the molecule is CCCc1nc2c(OC)cc(B3OC(C)(C)C(C)(C)O3)c(C)c2s1.CN. The third kappa shape index (κ3) is 3.63. The van der Waals surface area contributed by atoms with Gasteiger partial charge in [-0.15, -0.1) is 11.3 Å². The lowest BCUT2D eigenvalue weighted by molar-refractivity contribution is 0.00578. The number of thiazole rings is 1. The molecule has 0 bridgehead atoms. The van der Waals surface area contributed by atoms with Crippen molar-refractivity contribution in [3.05, 3.63) is 16.6 Å². The van der Waals surface area contributed by atoms with Crippen molar-refractivity contribution in [3.8, 4) is 5.75 Å². The zero-order chi connectivity index (χ0) is 19.7. The quantitative estimate of drug-likeness (QED) is 0.826. The molecular weight excluding hydrogens is 347 g/mol. The van der Waals surface area contributed by atoms with Gasteiger partial charge in [-0.05, 0) is 71.6 Å². The molecule has 7 heteroatoms. The van der Waals surface area contributed by atoms with Crippen LogP contribution >= 0.6 is 11.3 Å². The van der Waals surface area contributed by atoms with Crippen molar-refractivity contribution in [1.82, 2.24) is 4.98 Å². The number of nitrogens with zero attached hydrogens (tertiary/aromatic N) is 1. The Bertz CT molecular complexity index is 758. The Hall–Kier alpha value is -1.15. The molecule has 1 aromatic carbocycles. The Morgan fingerprint density at radius 3 is 2.27 bits per heavy atom. The second-order valence-electron chi connectivity index (χ2n) is 7.42. The normalized spacial score (nSPS) is 18.0. The van der Waals surface area contributed by atoms with E-state index in [4.69, 9.17) is 19.0 Å². The molecule has 1 aliphatic heterocycles. The smallest absolute Gasteiger partial charge is 0.494 e. The molecule has 2 aromatic rings. The average molecular weight is 378 g/mol. The van der Waals surface area contributed by atoms with E-state index in [1.54, 1.807) is 18.4 Å². The third-order valence-electron chi connectivity index (χ3n) is 5.16. The highest BCUT2D eigenvalue weighted by atomic mass is 32.1. The van der Waals surface area contributed by atoms with Crippen LogP contribution in [-0.4, -0.2) is 37.5 Å². The van der Waals surface area contributed by atoms with Crippen molar-refractivity contribution in [2.75, 3.05) is 14.2 Å². The number of aryl methyl sites for hydroxylation is 2. The van der Waals surface area contributed by atoms with E-state index in [1.807, 2.05) is 6.07 Å². The van der Waals surface area contributed by atoms with Crippen LogP contribution in [0.25, 0.3) is 10.2 Å². The van der Waals surface area contributed by atoms with Gasteiger partial charge in [-0.1, -0.05) is 6.92 Å². The first kappa shape index (κ1) is 21.2. The first-order valence-corrected chi connectivity index (χ1v) is 9.92. The standard InChI is InChI=1S/C18H26BNO3S.CH5N/c1-8-9-14-20-15-13(21-7)10-12(11(2)16(15)24-14)19-22-17(3,4)18(5,6)23-19;1-2/h10H,8-9H2,1-7H3;2H2,1H3. The van der Waals surface area contributed by atoms with E-state index in [1.165, 1.54) is 17.3 Å². The number of benzene rings is 1. The van der Waals surface area contributed by atoms with Crippen molar-refractivity contribution in [2.24, 2.45) is 5.73 Å². The molecule has 144 valence electrons. The summed E-state index contributed by atoms with van der Waals surface area (Å²) in [5.41, 5.74) is 6.94. The van der Waals surface area contributed by atoms with E-state index in [2.05, 4.69) is 47.3 Å². The second-order valence-corrected chi connectivity index (χ2v) is 8.50. The maximum absolute atomic E-state index is 6.24. The Labute approximate surface area is 161 Å². The largest absolute Gasteiger partial charge is 0.495 e. The minimum absolute atomic E-state index is 0.354. The first-order valence-electron chi connectivity index (χ1n) is 9.10. The maximum atomic E-state index is 6.24. The van der Waals surface area contributed by atoms with E-state index >= 15 is 0 Å². The predicted octanol–water partition coefficient (Wildman–Crippen LogP) is 3.44. The van der Waals surface area contributed by atoms with Gasteiger partial charge in [-0.2, -0.15) is 0 Å². The Kier molecular flexibility index (Phi) is 6.38. The molecule has 2 N–H and O–H groups in total. The number of rotatable bonds is 4. The summed E-state index contributed by atoms with van der Waals surface area (Å²) in [5, 5.41) is 1.15. The molecular formula is C19H31BN2O3S. The molecule has 2 heterocycles. The molecule has 0 atom stereocenters. The van der Waals surface area contributed by atoms with E-state index in [0.29, 0.717) is 0 Å². The van der Waals surface area contributed by atoms with Crippen molar-refractivity contribution in [1.29, 1.82) is 0 Å². The number of aromatic nitrogens is 1. The third-order valence-corrected chi connectivity index (χ3v) is 6.39. The minimum Gasteiger partial charge on any atom is -0.494 e. The highest BCUT2D eigenvalue weighted by Gasteiger charge is 2.52. The number of hydrogen-bond donors (Lipinski definition) is 1. The van der Waals surface area contributed by atoms with Gasteiger partial charge >= 0.3 is 7.12 Å². The van der Waals surface area contributed by atoms with Gasteiger partial charge in [-0.3, -0.25) is 0 Å². The van der Waals surface area contributed by atoms with E-state index in [0.717, 1.165) is 34.6 Å². The molecule has 26 heavy (non-hydrogen) atoms. The number of hydrogen-bond acceptors (Lipinski definition) is 6. The topological polar surface area (TPSA) is 66.6 Å². The number of ether oxygens (including phenoxy) is 1. The molecule has 1 aromatic heterocycles. The average Bonchev–Trinajstić information content (AvgIpc) is 3.09. The van der Waals surface area contributed by atoms with E-state index < -0.39 is 0 Å². The van der Waals surface area contributed by atoms with Gasteiger partial charge in [0.2, 0.25) is 0 Å². The minimum atomic E-state index is -0.384. The zero-order valence-electron chi connectivity index (χ0n) is 17.2. The fraction of sp³-hybridized carbons (Fsp3) is 0.632. The summed E-state index contributed by atoms with van der Waals surface area (Å²) in [5.74, 6) is 0.791. The summed E-state index contributed by atoms with van der Waals surface area (Å²) >= 11 is 1.75. The van der Waals surface area contributed by atoms with Crippen LogP contribution in [0, 0.1) is 6.92 Å². The van der Waals surface area contributed by atoms with Crippen LogP contribution in [-0.2, 0) is 15.7 Å². The first-order chi connectivity index (χ1) is 12.2. The van der Waals surface area contributed by atoms with Crippen molar-refractivity contribution in [3.63, 3.8) is 0 Å². The molecule has 1 aliphatic rings. The van der Waals surface area contributed by atoms with Crippen LogP contribution in [0.2, 0.25) is 0 Å². The van der Waals surface area contributed by atoms with Crippen LogP contribution in [0.4, 0.5) is 0 Å². The highest BCUT2D eigenvalue weighted by molar-refractivity contribution is 7.19. The lowest BCUT2D eigenvalue weighted by Crippen LogP contribution is -2.41. The van der Waals surface area contributed by atoms with Crippen LogP contribution < -0.4 is 15.9 Å².